The zero-order valence-corrected chi connectivity index (χ0v) is 8.53. The monoisotopic (exact) mass is 190 g/mol. The summed E-state index contributed by atoms with van der Waals surface area (Å²) in [5, 5.41) is 0. The van der Waals surface area contributed by atoms with E-state index in [-0.39, 0.29) is 5.91 Å². The number of carbonyl (C=O) groups is 1. The molecule has 0 atom stereocenters. The number of nitrogens with zero attached hydrogens (tertiary/aromatic N) is 2. The van der Waals surface area contributed by atoms with Crippen LogP contribution in [0.15, 0.2) is 24.4 Å². The first kappa shape index (κ1) is 9.06. The van der Waals surface area contributed by atoms with Crippen molar-refractivity contribution in [3.63, 3.8) is 0 Å². The second-order valence-corrected chi connectivity index (χ2v) is 3.43. The summed E-state index contributed by atoms with van der Waals surface area (Å²) in [5.41, 5.74) is 2.16. The summed E-state index contributed by atoms with van der Waals surface area (Å²) >= 11 is 0. The van der Waals surface area contributed by atoms with Crippen LogP contribution in [0.2, 0.25) is 0 Å². The largest absolute Gasteiger partial charge is 0.345 e. The molecule has 14 heavy (non-hydrogen) atoms. The average Bonchev–Trinajstić information content (AvgIpc) is 2.63. The smallest absolute Gasteiger partial charge is 0.223 e. The quantitative estimate of drug-likeness (QED) is 0.611. The van der Waals surface area contributed by atoms with Crippen LogP contribution >= 0.6 is 0 Å². The van der Waals surface area contributed by atoms with Gasteiger partial charge in [0, 0.05) is 26.2 Å². The van der Waals surface area contributed by atoms with E-state index in [0.717, 1.165) is 24.5 Å². The molecule has 1 amide bonds. The number of aromatic nitrogens is 1. The fraction of sp³-hybridized carbons (Fsp3) is 0.364. The van der Waals surface area contributed by atoms with Gasteiger partial charge in [-0.05, 0) is 19.1 Å². The van der Waals surface area contributed by atoms with Crippen LogP contribution in [0.5, 0.6) is 0 Å². The lowest BCUT2D eigenvalue weighted by atomic mass is 10.2. The number of hydrogen-bond acceptors (Lipinski definition) is 1. The molecule has 0 unspecified atom stereocenters. The van der Waals surface area contributed by atoms with Crippen molar-refractivity contribution in [2.45, 2.75) is 20.4 Å². The second-order valence-electron chi connectivity index (χ2n) is 3.43. The first-order valence-corrected chi connectivity index (χ1v) is 4.84. The van der Waals surface area contributed by atoms with Crippen molar-refractivity contribution < 1.29 is 4.79 Å². The summed E-state index contributed by atoms with van der Waals surface area (Å²) in [6.45, 7) is 5.24. The van der Waals surface area contributed by atoms with Crippen LogP contribution in [0.4, 0.5) is 0 Å². The van der Waals surface area contributed by atoms with Crippen LogP contribution in [0, 0.1) is 0 Å². The molecule has 2 rings (SSSR count). The highest BCUT2D eigenvalue weighted by molar-refractivity contribution is 5.85. The number of amides is 1. The lowest BCUT2D eigenvalue weighted by molar-refractivity contribution is -0.126. The van der Waals surface area contributed by atoms with E-state index in [2.05, 4.69) is 10.8 Å². The molecule has 0 fully saturated rings. The second kappa shape index (κ2) is 3.33. The zero-order chi connectivity index (χ0) is 10.1. The standard InChI is InChI=1S/C11H14N2O/c1-3-10-11-5-4-6-12(11)7-8-13(10)9(2)14/h3-6H,7-8H2,1-2H3/b10-3+. The molecule has 1 aromatic heterocycles. The van der Waals surface area contributed by atoms with Crippen molar-refractivity contribution in [1.29, 1.82) is 0 Å². The van der Waals surface area contributed by atoms with Crippen molar-refractivity contribution in [2.24, 2.45) is 0 Å². The lowest BCUT2D eigenvalue weighted by Crippen LogP contribution is -2.35. The van der Waals surface area contributed by atoms with Crippen molar-refractivity contribution >= 4 is 11.6 Å². The Bertz CT molecular complexity index is 390. The molecule has 0 aromatic carbocycles. The Labute approximate surface area is 83.6 Å². The zero-order valence-electron chi connectivity index (χ0n) is 8.53. The van der Waals surface area contributed by atoms with E-state index in [0.29, 0.717) is 0 Å². The number of allylic oxidation sites excluding steroid dienone is 1. The number of rotatable bonds is 0. The summed E-state index contributed by atoms with van der Waals surface area (Å²) in [5.74, 6) is 0.116. The van der Waals surface area contributed by atoms with Gasteiger partial charge in [-0.2, -0.15) is 0 Å². The minimum Gasteiger partial charge on any atom is -0.345 e. The molecule has 0 radical (unpaired) electrons. The van der Waals surface area contributed by atoms with Crippen LogP contribution in [-0.4, -0.2) is 21.9 Å². The Hall–Kier alpha value is -1.51. The molecule has 0 spiro atoms. The maximum absolute atomic E-state index is 11.4. The van der Waals surface area contributed by atoms with E-state index >= 15 is 0 Å². The molecular weight excluding hydrogens is 176 g/mol. The summed E-state index contributed by atoms with van der Waals surface area (Å²) in [6, 6.07) is 4.06. The molecule has 1 aliphatic rings. The maximum Gasteiger partial charge on any atom is 0.223 e. The fourth-order valence-corrected chi connectivity index (χ4v) is 1.94. The van der Waals surface area contributed by atoms with Crippen LogP contribution in [0.25, 0.3) is 5.70 Å². The van der Waals surface area contributed by atoms with E-state index < -0.39 is 0 Å². The Balaban J connectivity index is 2.44. The molecular formula is C11H14N2O. The highest BCUT2D eigenvalue weighted by Gasteiger charge is 2.21. The highest BCUT2D eigenvalue weighted by atomic mass is 16.2. The highest BCUT2D eigenvalue weighted by Crippen LogP contribution is 2.24. The average molecular weight is 190 g/mol. The van der Waals surface area contributed by atoms with Gasteiger partial charge in [-0.3, -0.25) is 4.79 Å². The van der Waals surface area contributed by atoms with Gasteiger partial charge in [0.1, 0.15) is 0 Å². The van der Waals surface area contributed by atoms with Crippen molar-refractivity contribution in [2.75, 3.05) is 6.54 Å². The molecule has 1 aliphatic heterocycles. The van der Waals surface area contributed by atoms with E-state index in [1.807, 2.05) is 30.0 Å². The Morgan fingerprint density at radius 2 is 2.29 bits per heavy atom. The summed E-state index contributed by atoms with van der Waals surface area (Å²) in [7, 11) is 0. The minimum absolute atomic E-state index is 0.116. The fourth-order valence-electron chi connectivity index (χ4n) is 1.94. The predicted molar refractivity (Wildman–Crippen MR) is 55.5 cm³/mol. The summed E-state index contributed by atoms with van der Waals surface area (Å²) in [4.78, 5) is 13.2. The van der Waals surface area contributed by atoms with Crippen LogP contribution in [0.1, 0.15) is 19.5 Å². The van der Waals surface area contributed by atoms with Crippen LogP contribution in [0.3, 0.4) is 0 Å². The molecule has 0 saturated heterocycles. The first-order chi connectivity index (χ1) is 6.74. The lowest BCUT2D eigenvalue weighted by Gasteiger charge is -2.30. The topological polar surface area (TPSA) is 25.2 Å². The third-order valence-corrected chi connectivity index (χ3v) is 2.60. The molecule has 3 nitrogen and oxygen atoms in total. The van der Waals surface area contributed by atoms with E-state index in [4.69, 9.17) is 0 Å². The van der Waals surface area contributed by atoms with Gasteiger partial charge < -0.3 is 9.47 Å². The van der Waals surface area contributed by atoms with Crippen molar-refractivity contribution in [3.8, 4) is 0 Å². The van der Waals surface area contributed by atoms with Gasteiger partial charge in [0.05, 0.1) is 11.4 Å². The minimum atomic E-state index is 0.116. The van der Waals surface area contributed by atoms with Gasteiger partial charge in [0.25, 0.3) is 0 Å². The van der Waals surface area contributed by atoms with E-state index in [9.17, 15) is 4.79 Å². The third kappa shape index (κ3) is 1.25. The third-order valence-electron chi connectivity index (χ3n) is 2.60. The molecule has 0 saturated carbocycles. The molecule has 3 heteroatoms. The van der Waals surface area contributed by atoms with Gasteiger partial charge >= 0.3 is 0 Å². The Morgan fingerprint density at radius 1 is 1.50 bits per heavy atom. The van der Waals surface area contributed by atoms with E-state index in [1.54, 1.807) is 6.92 Å². The number of hydrogen-bond donors (Lipinski definition) is 0. The molecule has 0 bridgehead atoms. The van der Waals surface area contributed by atoms with Gasteiger partial charge in [-0.15, -0.1) is 0 Å². The molecule has 74 valence electrons. The SMILES string of the molecule is C/C=C1\c2cccn2CCN1C(C)=O. The van der Waals surface area contributed by atoms with E-state index in [1.165, 1.54) is 0 Å². The number of fused-ring (bicyclic) bond motifs is 1. The van der Waals surface area contributed by atoms with Crippen molar-refractivity contribution in [1.82, 2.24) is 9.47 Å². The Kier molecular flexibility index (Phi) is 2.15. The summed E-state index contributed by atoms with van der Waals surface area (Å²) < 4.78 is 2.18. The van der Waals surface area contributed by atoms with Crippen LogP contribution in [-0.2, 0) is 11.3 Å². The molecule has 1 aromatic rings. The van der Waals surface area contributed by atoms with Gasteiger partial charge in [-0.25, -0.2) is 0 Å². The normalized spacial score (nSPS) is 18.4. The van der Waals surface area contributed by atoms with Gasteiger partial charge in [-0.1, -0.05) is 6.08 Å². The molecule has 2 heterocycles. The Morgan fingerprint density at radius 3 is 2.93 bits per heavy atom. The predicted octanol–water partition coefficient (Wildman–Crippen LogP) is 1.71. The number of carbonyl (C=O) groups excluding carboxylic acids is 1. The van der Waals surface area contributed by atoms with Gasteiger partial charge in [0.2, 0.25) is 5.91 Å². The van der Waals surface area contributed by atoms with Crippen LogP contribution < -0.4 is 0 Å². The molecule has 0 N–H and O–H groups in total. The molecule has 0 aliphatic carbocycles. The van der Waals surface area contributed by atoms with Gasteiger partial charge in [0.15, 0.2) is 0 Å². The maximum atomic E-state index is 11.4. The summed E-state index contributed by atoms with van der Waals surface area (Å²) in [6.07, 6.45) is 4.04. The van der Waals surface area contributed by atoms with Crippen molar-refractivity contribution in [3.05, 3.63) is 30.1 Å². The first-order valence-electron chi connectivity index (χ1n) is 4.84.